The zero-order chi connectivity index (χ0) is 16.9. The van der Waals surface area contributed by atoms with Gasteiger partial charge in [-0.1, -0.05) is 12.5 Å². The molecule has 24 heavy (non-hydrogen) atoms. The lowest BCUT2D eigenvalue weighted by Crippen LogP contribution is -2.38. The third kappa shape index (κ3) is 4.08. The summed E-state index contributed by atoms with van der Waals surface area (Å²) in [5.74, 6) is 0.768. The molecule has 1 saturated carbocycles. The van der Waals surface area contributed by atoms with Crippen LogP contribution in [0, 0.1) is 12.8 Å². The molecule has 2 aromatic rings. The van der Waals surface area contributed by atoms with Gasteiger partial charge in [-0.05, 0) is 56.0 Å². The van der Waals surface area contributed by atoms with E-state index in [-0.39, 0.29) is 5.91 Å². The van der Waals surface area contributed by atoms with Crippen LogP contribution >= 0.6 is 0 Å². The summed E-state index contributed by atoms with van der Waals surface area (Å²) in [7, 11) is 0. The van der Waals surface area contributed by atoms with Crippen LogP contribution < -0.4 is 10.6 Å². The molecule has 126 valence electrons. The Kier molecular flexibility index (Phi) is 5.05. The van der Waals surface area contributed by atoms with Gasteiger partial charge in [-0.3, -0.25) is 4.79 Å². The van der Waals surface area contributed by atoms with Crippen molar-refractivity contribution in [3.8, 4) is 0 Å². The molecular formula is C18H22N4O2. The number of aliphatic hydroxyl groups excluding tert-OH is 1. The van der Waals surface area contributed by atoms with Gasteiger partial charge >= 0.3 is 0 Å². The number of benzene rings is 1. The average molecular weight is 326 g/mol. The predicted molar refractivity (Wildman–Crippen MR) is 92.2 cm³/mol. The molecule has 1 aliphatic carbocycles. The van der Waals surface area contributed by atoms with Gasteiger partial charge in [0.15, 0.2) is 5.82 Å². The van der Waals surface area contributed by atoms with Crippen molar-refractivity contribution in [2.24, 2.45) is 5.92 Å². The highest BCUT2D eigenvalue weighted by atomic mass is 16.3. The number of amides is 1. The van der Waals surface area contributed by atoms with Crippen molar-refractivity contribution in [2.45, 2.75) is 32.3 Å². The van der Waals surface area contributed by atoms with Crippen LogP contribution in [0.5, 0.6) is 0 Å². The Morgan fingerprint density at radius 1 is 1.29 bits per heavy atom. The van der Waals surface area contributed by atoms with Gasteiger partial charge < -0.3 is 15.7 Å². The SMILES string of the molecule is Cc1ccc(Nc2cccc(C(=O)NCC(O)C3CCC3)c2)nn1. The highest BCUT2D eigenvalue weighted by Gasteiger charge is 2.25. The maximum absolute atomic E-state index is 12.2. The first-order valence-electron chi connectivity index (χ1n) is 8.25. The molecule has 0 spiro atoms. The Morgan fingerprint density at radius 2 is 2.12 bits per heavy atom. The second-order valence-electron chi connectivity index (χ2n) is 6.23. The third-order valence-corrected chi connectivity index (χ3v) is 4.36. The standard InChI is InChI=1S/C18H22N4O2/c1-12-8-9-17(22-21-12)20-15-7-3-6-14(10-15)18(24)19-11-16(23)13-4-2-5-13/h3,6-10,13,16,23H,2,4-5,11H2,1H3,(H,19,24)(H,20,22). The van der Waals surface area contributed by atoms with Gasteiger partial charge in [-0.25, -0.2) is 0 Å². The fourth-order valence-electron chi connectivity index (χ4n) is 2.64. The van der Waals surface area contributed by atoms with Crippen LogP contribution in [0.15, 0.2) is 36.4 Å². The summed E-state index contributed by atoms with van der Waals surface area (Å²) < 4.78 is 0. The van der Waals surface area contributed by atoms with E-state index in [4.69, 9.17) is 0 Å². The summed E-state index contributed by atoms with van der Waals surface area (Å²) in [6.45, 7) is 2.17. The van der Waals surface area contributed by atoms with Gasteiger partial charge in [0.25, 0.3) is 5.91 Å². The number of anilines is 2. The lowest BCUT2D eigenvalue weighted by atomic mass is 9.81. The molecule has 1 aromatic carbocycles. The van der Waals surface area contributed by atoms with Crippen molar-refractivity contribution in [2.75, 3.05) is 11.9 Å². The molecule has 3 rings (SSSR count). The molecule has 0 saturated heterocycles. The lowest BCUT2D eigenvalue weighted by molar-refractivity contribution is 0.0584. The smallest absolute Gasteiger partial charge is 0.251 e. The summed E-state index contributed by atoms with van der Waals surface area (Å²) in [5.41, 5.74) is 2.15. The van der Waals surface area contributed by atoms with Crippen LogP contribution in [0.2, 0.25) is 0 Å². The van der Waals surface area contributed by atoms with Crippen molar-refractivity contribution < 1.29 is 9.90 Å². The van der Waals surface area contributed by atoms with E-state index in [1.54, 1.807) is 18.2 Å². The Balaban J connectivity index is 1.59. The highest BCUT2D eigenvalue weighted by Crippen LogP contribution is 2.29. The summed E-state index contributed by atoms with van der Waals surface area (Å²) in [6, 6.07) is 10.9. The van der Waals surface area contributed by atoms with E-state index < -0.39 is 6.10 Å². The number of carbonyl (C=O) groups excluding carboxylic acids is 1. The molecule has 1 fully saturated rings. The number of hydrogen-bond donors (Lipinski definition) is 3. The Labute approximate surface area is 141 Å². The van der Waals surface area contributed by atoms with Crippen LogP contribution in [0.3, 0.4) is 0 Å². The number of aromatic nitrogens is 2. The van der Waals surface area contributed by atoms with E-state index in [1.165, 1.54) is 6.42 Å². The van der Waals surface area contributed by atoms with Crippen LogP contribution in [0.1, 0.15) is 35.3 Å². The largest absolute Gasteiger partial charge is 0.391 e. The molecule has 1 heterocycles. The maximum Gasteiger partial charge on any atom is 0.251 e. The second kappa shape index (κ2) is 7.40. The molecular weight excluding hydrogens is 304 g/mol. The number of carbonyl (C=O) groups is 1. The number of aliphatic hydroxyl groups is 1. The number of nitrogens with one attached hydrogen (secondary N) is 2. The number of hydrogen-bond acceptors (Lipinski definition) is 5. The molecule has 0 aliphatic heterocycles. The van der Waals surface area contributed by atoms with E-state index >= 15 is 0 Å². The minimum absolute atomic E-state index is 0.188. The average Bonchev–Trinajstić information content (AvgIpc) is 2.53. The molecule has 1 aromatic heterocycles. The predicted octanol–water partition coefficient (Wildman–Crippen LogP) is 2.42. The first-order chi connectivity index (χ1) is 11.6. The van der Waals surface area contributed by atoms with E-state index in [1.807, 2.05) is 25.1 Å². The first-order valence-corrected chi connectivity index (χ1v) is 8.25. The zero-order valence-corrected chi connectivity index (χ0v) is 13.7. The highest BCUT2D eigenvalue weighted by molar-refractivity contribution is 5.95. The molecule has 1 aliphatic rings. The van der Waals surface area contributed by atoms with Crippen molar-refractivity contribution in [3.05, 3.63) is 47.7 Å². The summed E-state index contributed by atoms with van der Waals surface area (Å²) in [4.78, 5) is 12.2. The quantitative estimate of drug-likeness (QED) is 0.759. The van der Waals surface area contributed by atoms with Gasteiger partial charge in [-0.2, -0.15) is 5.10 Å². The first kappa shape index (κ1) is 16.4. The van der Waals surface area contributed by atoms with E-state index in [9.17, 15) is 9.90 Å². The molecule has 6 nitrogen and oxygen atoms in total. The second-order valence-corrected chi connectivity index (χ2v) is 6.23. The molecule has 3 N–H and O–H groups in total. The van der Waals surface area contributed by atoms with Gasteiger partial charge in [-0.15, -0.1) is 5.10 Å². The normalized spacial score (nSPS) is 15.4. The maximum atomic E-state index is 12.2. The van der Waals surface area contributed by atoms with Crippen LogP contribution in [0.4, 0.5) is 11.5 Å². The molecule has 1 amide bonds. The zero-order valence-electron chi connectivity index (χ0n) is 13.7. The number of rotatable bonds is 6. The van der Waals surface area contributed by atoms with Crippen molar-refractivity contribution in [3.63, 3.8) is 0 Å². The molecule has 6 heteroatoms. The Morgan fingerprint density at radius 3 is 2.79 bits per heavy atom. The fraction of sp³-hybridized carbons (Fsp3) is 0.389. The van der Waals surface area contributed by atoms with Crippen LogP contribution in [-0.4, -0.2) is 33.9 Å². The van der Waals surface area contributed by atoms with Crippen molar-refractivity contribution in [1.82, 2.24) is 15.5 Å². The summed E-state index contributed by atoms with van der Waals surface area (Å²) in [6.07, 6.45) is 2.82. The van der Waals surface area contributed by atoms with E-state index in [0.29, 0.717) is 23.8 Å². The van der Waals surface area contributed by atoms with Crippen LogP contribution in [-0.2, 0) is 0 Å². The third-order valence-electron chi connectivity index (χ3n) is 4.36. The molecule has 0 radical (unpaired) electrons. The van der Waals surface area contributed by atoms with E-state index in [0.717, 1.165) is 24.2 Å². The minimum Gasteiger partial charge on any atom is -0.391 e. The Bertz CT molecular complexity index is 698. The van der Waals surface area contributed by atoms with Gasteiger partial charge in [0, 0.05) is 17.8 Å². The number of nitrogens with zero attached hydrogens (tertiary/aromatic N) is 2. The molecule has 1 unspecified atom stereocenters. The molecule has 1 atom stereocenters. The minimum atomic E-state index is -0.452. The van der Waals surface area contributed by atoms with Crippen molar-refractivity contribution >= 4 is 17.4 Å². The lowest BCUT2D eigenvalue weighted by Gasteiger charge is -2.30. The van der Waals surface area contributed by atoms with Gasteiger partial charge in [0.1, 0.15) is 0 Å². The van der Waals surface area contributed by atoms with Crippen molar-refractivity contribution in [1.29, 1.82) is 0 Å². The van der Waals surface area contributed by atoms with E-state index in [2.05, 4.69) is 20.8 Å². The molecule has 0 bridgehead atoms. The topological polar surface area (TPSA) is 87.1 Å². The summed E-state index contributed by atoms with van der Waals surface area (Å²) in [5, 5.41) is 24.0. The fourth-order valence-corrected chi connectivity index (χ4v) is 2.64. The van der Waals surface area contributed by atoms with Gasteiger partial charge in [0.05, 0.1) is 11.8 Å². The summed E-state index contributed by atoms with van der Waals surface area (Å²) >= 11 is 0. The van der Waals surface area contributed by atoms with Gasteiger partial charge in [0.2, 0.25) is 0 Å². The number of aryl methyl sites for hydroxylation is 1. The Hall–Kier alpha value is -2.47. The van der Waals surface area contributed by atoms with Crippen LogP contribution in [0.25, 0.3) is 0 Å². The monoisotopic (exact) mass is 326 g/mol.